The van der Waals surface area contributed by atoms with E-state index in [1.54, 1.807) is 0 Å². The summed E-state index contributed by atoms with van der Waals surface area (Å²) in [6.45, 7) is 0.198. The molecule has 0 aliphatic heterocycles. The molecule has 1 rings (SSSR count). The number of hydrogen-bond donors (Lipinski definition) is 0. The first-order chi connectivity index (χ1) is 10.0. The number of aldehydes is 1. The van der Waals surface area contributed by atoms with Crippen LogP contribution in [-0.4, -0.2) is 38.0 Å². The maximum atomic E-state index is 11.6. The number of rotatable bonds is 8. The number of carbonyl (C=O) groups is 2. The van der Waals surface area contributed by atoms with Gasteiger partial charge in [0.15, 0.2) is 11.5 Å². The largest absolute Gasteiger partial charge is 0.493 e. The lowest BCUT2D eigenvalue weighted by molar-refractivity contribution is -0.385. The number of benzene rings is 1. The van der Waals surface area contributed by atoms with E-state index >= 15 is 0 Å². The van der Waals surface area contributed by atoms with E-state index in [1.165, 1.54) is 13.2 Å². The van der Waals surface area contributed by atoms with Crippen LogP contribution in [0.5, 0.6) is 11.5 Å². The van der Waals surface area contributed by atoms with Gasteiger partial charge >= 0.3 is 5.97 Å². The molecular weight excluding hydrogens is 282 g/mol. The van der Waals surface area contributed by atoms with Gasteiger partial charge in [-0.2, -0.15) is 0 Å². The third kappa shape index (κ3) is 4.16. The van der Waals surface area contributed by atoms with E-state index < -0.39 is 16.6 Å². The van der Waals surface area contributed by atoms with Crippen molar-refractivity contribution in [1.82, 2.24) is 0 Å². The minimum absolute atomic E-state index is 0.128. The quantitative estimate of drug-likeness (QED) is 0.236. The first kappa shape index (κ1) is 16.4. The van der Waals surface area contributed by atoms with Gasteiger partial charge in [-0.3, -0.25) is 10.1 Å². The number of esters is 1. The first-order valence-corrected chi connectivity index (χ1v) is 6.06. The number of unbranched alkanes of at least 4 members (excludes halogenated alkanes) is 1. The third-order valence-electron chi connectivity index (χ3n) is 2.61. The second-order valence-electron chi connectivity index (χ2n) is 3.93. The molecule has 0 bridgehead atoms. The summed E-state index contributed by atoms with van der Waals surface area (Å²) in [6, 6.07) is 2.30. The highest BCUT2D eigenvalue weighted by Gasteiger charge is 2.25. The number of hydrogen-bond acceptors (Lipinski definition) is 7. The lowest BCUT2D eigenvalue weighted by Gasteiger charge is -2.11. The summed E-state index contributed by atoms with van der Waals surface area (Å²) < 4.78 is 14.9. The lowest BCUT2D eigenvalue weighted by atomic mass is 10.1. The standard InChI is InChI=1S/C13H15NO7/c1-19-11-7-9(13(16)20-2)10(14(17)18)8-12(11)21-6-4-3-5-15/h5,7-8H,3-4,6H2,1-2H3. The molecule has 0 saturated carbocycles. The molecule has 1 aromatic carbocycles. The average molecular weight is 297 g/mol. The molecular formula is C13H15NO7. The van der Waals surface area contributed by atoms with E-state index in [9.17, 15) is 19.7 Å². The van der Waals surface area contributed by atoms with Crippen LogP contribution in [0, 0.1) is 10.1 Å². The van der Waals surface area contributed by atoms with Gasteiger partial charge < -0.3 is 19.0 Å². The monoisotopic (exact) mass is 297 g/mol. The Balaban J connectivity index is 3.13. The van der Waals surface area contributed by atoms with Crippen LogP contribution < -0.4 is 9.47 Å². The second kappa shape index (κ2) is 7.83. The van der Waals surface area contributed by atoms with E-state index in [2.05, 4.69) is 4.74 Å². The van der Waals surface area contributed by atoms with Gasteiger partial charge in [0.05, 0.1) is 31.8 Å². The Hall–Kier alpha value is -2.64. The molecule has 0 spiro atoms. The van der Waals surface area contributed by atoms with E-state index in [4.69, 9.17) is 9.47 Å². The third-order valence-corrected chi connectivity index (χ3v) is 2.61. The Bertz CT molecular complexity index is 542. The van der Waals surface area contributed by atoms with Gasteiger partial charge in [-0.25, -0.2) is 4.79 Å². The average Bonchev–Trinajstić information content (AvgIpc) is 2.49. The molecule has 0 fully saturated rings. The van der Waals surface area contributed by atoms with Crippen molar-refractivity contribution in [3.63, 3.8) is 0 Å². The van der Waals surface area contributed by atoms with E-state index in [-0.39, 0.29) is 23.7 Å². The van der Waals surface area contributed by atoms with Gasteiger partial charge in [-0.15, -0.1) is 0 Å². The number of nitro benzene ring substituents is 1. The highest BCUT2D eigenvalue weighted by atomic mass is 16.6. The van der Waals surface area contributed by atoms with Crippen molar-refractivity contribution in [3.8, 4) is 11.5 Å². The number of nitrogens with zero attached hydrogens (tertiary/aromatic N) is 1. The van der Waals surface area contributed by atoms with Crippen molar-refractivity contribution >= 4 is 17.9 Å². The zero-order valence-corrected chi connectivity index (χ0v) is 11.7. The summed E-state index contributed by atoms with van der Waals surface area (Å²) in [5.74, 6) is -0.539. The van der Waals surface area contributed by atoms with Crippen LogP contribution in [0.2, 0.25) is 0 Å². The van der Waals surface area contributed by atoms with Gasteiger partial charge in [0.25, 0.3) is 5.69 Å². The van der Waals surface area contributed by atoms with Crippen LogP contribution in [-0.2, 0) is 9.53 Å². The van der Waals surface area contributed by atoms with Crippen molar-refractivity contribution in [1.29, 1.82) is 0 Å². The highest BCUT2D eigenvalue weighted by Crippen LogP contribution is 2.35. The zero-order valence-electron chi connectivity index (χ0n) is 11.7. The summed E-state index contributed by atoms with van der Waals surface area (Å²) in [5, 5.41) is 11.0. The molecule has 21 heavy (non-hydrogen) atoms. The van der Waals surface area contributed by atoms with Gasteiger partial charge in [0.1, 0.15) is 11.8 Å². The minimum atomic E-state index is -0.840. The van der Waals surface area contributed by atoms with Crippen LogP contribution in [0.4, 0.5) is 5.69 Å². The summed E-state index contributed by atoms with van der Waals surface area (Å²) in [4.78, 5) is 32.1. The molecule has 0 amide bonds. The molecule has 0 aliphatic rings. The van der Waals surface area contributed by atoms with Gasteiger partial charge in [0.2, 0.25) is 0 Å². The molecule has 0 aromatic heterocycles. The van der Waals surface area contributed by atoms with Crippen LogP contribution in [0.1, 0.15) is 23.2 Å². The summed E-state index contributed by atoms with van der Waals surface area (Å²) in [6.07, 6.45) is 1.55. The fourth-order valence-electron chi connectivity index (χ4n) is 1.59. The molecule has 0 atom stereocenters. The molecule has 0 heterocycles. The molecule has 1 aromatic rings. The van der Waals surface area contributed by atoms with Crippen LogP contribution >= 0.6 is 0 Å². The smallest absolute Gasteiger partial charge is 0.345 e. The SMILES string of the molecule is COC(=O)c1cc(OC)c(OCCCC=O)cc1[N+](=O)[O-]. The van der Waals surface area contributed by atoms with E-state index in [0.717, 1.165) is 19.5 Å². The van der Waals surface area contributed by atoms with E-state index in [1.807, 2.05) is 0 Å². The highest BCUT2D eigenvalue weighted by molar-refractivity contribution is 5.94. The number of carbonyl (C=O) groups excluding carboxylic acids is 2. The molecule has 8 heteroatoms. The van der Waals surface area contributed by atoms with Gasteiger partial charge in [0, 0.05) is 12.5 Å². The number of nitro groups is 1. The van der Waals surface area contributed by atoms with Gasteiger partial charge in [-0.1, -0.05) is 0 Å². The van der Waals surface area contributed by atoms with Crippen molar-refractivity contribution in [3.05, 3.63) is 27.8 Å². The fourth-order valence-corrected chi connectivity index (χ4v) is 1.59. The molecule has 8 nitrogen and oxygen atoms in total. The fraction of sp³-hybridized carbons (Fsp3) is 0.385. The number of methoxy groups -OCH3 is 2. The Morgan fingerprint density at radius 1 is 1.33 bits per heavy atom. The molecule has 114 valence electrons. The number of ether oxygens (including phenoxy) is 3. The molecule has 0 saturated heterocycles. The van der Waals surface area contributed by atoms with Crippen LogP contribution in [0.25, 0.3) is 0 Å². The summed E-state index contributed by atoms with van der Waals surface area (Å²) in [5.41, 5.74) is -0.660. The normalized spacial score (nSPS) is 9.81. The predicted molar refractivity (Wildman–Crippen MR) is 71.8 cm³/mol. The maximum Gasteiger partial charge on any atom is 0.345 e. The molecule has 0 unspecified atom stereocenters. The van der Waals surface area contributed by atoms with Crippen LogP contribution in [0.15, 0.2) is 12.1 Å². The maximum absolute atomic E-state index is 11.6. The summed E-state index contributed by atoms with van der Waals surface area (Å²) in [7, 11) is 2.48. The molecule has 0 aliphatic carbocycles. The Labute approximate surface area is 120 Å². The Morgan fingerprint density at radius 2 is 2.05 bits per heavy atom. The van der Waals surface area contributed by atoms with E-state index in [0.29, 0.717) is 12.8 Å². The second-order valence-corrected chi connectivity index (χ2v) is 3.93. The van der Waals surface area contributed by atoms with Crippen LogP contribution in [0.3, 0.4) is 0 Å². The van der Waals surface area contributed by atoms with Gasteiger partial charge in [-0.05, 0) is 6.42 Å². The first-order valence-electron chi connectivity index (χ1n) is 6.06. The van der Waals surface area contributed by atoms with Crippen molar-refractivity contribution in [2.45, 2.75) is 12.8 Å². The topological polar surface area (TPSA) is 105 Å². The Morgan fingerprint density at radius 3 is 2.57 bits per heavy atom. The Kier molecular flexibility index (Phi) is 6.12. The lowest BCUT2D eigenvalue weighted by Crippen LogP contribution is -2.08. The molecule has 0 radical (unpaired) electrons. The molecule has 0 N–H and O–H groups in total. The van der Waals surface area contributed by atoms with Crippen molar-refractivity contribution < 1.29 is 28.7 Å². The zero-order chi connectivity index (χ0) is 15.8. The summed E-state index contributed by atoms with van der Waals surface area (Å²) >= 11 is 0. The predicted octanol–water partition coefficient (Wildman–Crippen LogP) is 1.75. The van der Waals surface area contributed by atoms with Crippen molar-refractivity contribution in [2.24, 2.45) is 0 Å². The van der Waals surface area contributed by atoms with Crippen molar-refractivity contribution in [2.75, 3.05) is 20.8 Å². The minimum Gasteiger partial charge on any atom is -0.493 e.